The van der Waals surface area contributed by atoms with Crippen molar-refractivity contribution in [2.24, 2.45) is 0 Å². The van der Waals surface area contributed by atoms with Gasteiger partial charge in [-0.2, -0.15) is 0 Å². The van der Waals surface area contributed by atoms with Crippen LogP contribution in [0.3, 0.4) is 0 Å². The SMILES string of the molecule is COC1(c2ccccc2F)CC(NC(C)=O)CCN1CCc1ccccc1. The maximum atomic E-state index is 14.7. The zero-order valence-corrected chi connectivity index (χ0v) is 16.0. The summed E-state index contributed by atoms with van der Waals surface area (Å²) in [6.07, 6.45) is 2.18. The molecule has 0 saturated carbocycles. The lowest BCUT2D eigenvalue weighted by Gasteiger charge is -2.49. The second kappa shape index (κ2) is 8.63. The van der Waals surface area contributed by atoms with E-state index in [1.165, 1.54) is 18.6 Å². The first-order valence-electron chi connectivity index (χ1n) is 9.41. The molecule has 0 bridgehead atoms. The van der Waals surface area contributed by atoms with Gasteiger partial charge in [-0.25, -0.2) is 4.39 Å². The predicted octanol–water partition coefficient (Wildman–Crippen LogP) is 3.47. The number of likely N-dealkylation sites (tertiary alicyclic amines) is 1. The Morgan fingerprint density at radius 2 is 1.93 bits per heavy atom. The highest BCUT2D eigenvalue weighted by Crippen LogP contribution is 2.39. The molecule has 2 aromatic carbocycles. The van der Waals surface area contributed by atoms with Crippen LogP contribution in [-0.4, -0.2) is 37.0 Å². The number of carbonyl (C=O) groups is 1. The van der Waals surface area contributed by atoms with E-state index in [-0.39, 0.29) is 17.8 Å². The van der Waals surface area contributed by atoms with E-state index in [0.29, 0.717) is 12.0 Å². The molecule has 4 nitrogen and oxygen atoms in total. The largest absolute Gasteiger partial charge is 0.359 e. The summed E-state index contributed by atoms with van der Waals surface area (Å²) in [6.45, 7) is 2.98. The van der Waals surface area contributed by atoms with Crippen molar-refractivity contribution in [3.05, 3.63) is 71.5 Å². The Balaban J connectivity index is 1.90. The van der Waals surface area contributed by atoms with Crippen molar-refractivity contribution in [1.82, 2.24) is 10.2 Å². The smallest absolute Gasteiger partial charge is 0.217 e. The molecule has 0 radical (unpaired) electrons. The van der Waals surface area contributed by atoms with Crippen molar-refractivity contribution in [3.8, 4) is 0 Å². The molecule has 1 amide bonds. The number of halogens is 1. The van der Waals surface area contributed by atoms with Crippen molar-refractivity contribution in [2.45, 2.75) is 38.0 Å². The lowest BCUT2D eigenvalue weighted by molar-refractivity contribution is -0.173. The van der Waals surface area contributed by atoms with Crippen molar-refractivity contribution < 1.29 is 13.9 Å². The average Bonchev–Trinajstić information content (AvgIpc) is 2.67. The minimum Gasteiger partial charge on any atom is -0.359 e. The fourth-order valence-corrected chi connectivity index (χ4v) is 4.05. The maximum Gasteiger partial charge on any atom is 0.217 e. The third-order valence-corrected chi connectivity index (χ3v) is 5.33. The monoisotopic (exact) mass is 370 g/mol. The number of piperidine rings is 1. The molecular weight excluding hydrogens is 343 g/mol. The van der Waals surface area contributed by atoms with E-state index < -0.39 is 5.72 Å². The van der Waals surface area contributed by atoms with E-state index >= 15 is 0 Å². The predicted molar refractivity (Wildman–Crippen MR) is 104 cm³/mol. The number of hydrogen-bond acceptors (Lipinski definition) is 3. The number of hydrogen-bond donors (Lipinski definition) is 1. The van der Waals surface area contributed by atoms with Gasteiger partial charge in [-0.1, -0.05) is 48.5 Å². The van der Waals surface area contributed by atoms with Crippen LogP contribution in [0.1, 0.15) is 30.9 Å². The minimum absolute atomic E-state index is 0.0463. The Morgan fingerprint density at radius 3 is 2.59 bits per heavy atom. The van der Waals surface area contributed by atoms with Crippen LogP contribution in [0.4, 0.5) is 4.39 Å². The van der Waals surface area contributed by atoms with E-state index in [4.69, 9.17) is 4.74 Å². The zero-order valence-electron chi connectivity index (χ0n) is 16.0. The van der Waals surface area contributed by atoms with Gasteiger partial charge in [-0.3, -0.25) is 9.69 Å². The van der Waals surface area contributed by atoms with Gasteiger partial charge >= 0.3 is 0 Å². The summed E-state index contributed by atoms with van der Waals surface area (Å²) in [4.78, 5) is 13.8. The van der Waals surface area contributed by atoms with Gasteiger partial charge in [-0.15, -0.1) is 0 Å². The van der Waals surface area contributed by atoms with E-state index in [9.17, 15) is 9.18 Å². The van der Waals surface area contributed by atoms with Gasteiger partial charge in [0.1, 0.15) is 5.82 Å². The van der Waals surface area contributed by atoms with Crippen molar-refractivity contribution >= 4 is 5.91 Å². The van der Waals surface area contributed by atoms with Gasteiger partial charge < -0.3 is 10.1 Å². The molecule has 0 spiro atoms. The molecule has 1 aliphatic rings. The maximum absolute atomic E-state index is 14.7. The average molecular weight is 370 g/mol. The molecule has 2 unspecified atom stereocenters. The van der Waals surface area contributed by atoms with Crippen LogP contribution in [0.2, 0.25) is 0 Å². The van der Waals surface area contributed by atoms with Gasteiger partial charge in [0.05, 0.1) is 0 Å². The number of rotatable bonds is 6. The van der Waals surface area contributed by atoms with Crippen molar-refractivity contribution in [3.63, 3.8) is 0 Å². The number of nitrogens with one attached hydrogen (secondary N) is 1. The van der Waals surface area contributed by atoms with Crippen molar-refractivity contribution in [1.29, 1.82) is 0 Å². The molecule has 2 aromatic rings. The molecule has 1 heterocycles. The van der Waals surface area contributed by atoms with Crippen LogP contribution in [-0.2, 0) is 21.7 Å². The fraction of sp³-hybridized carbons (Fsp3) is 0.409. The second-order valence-corrected chi connectivity index (χ2v) is 7.08. The zero-order chi connectivity index (χ0) is 19.3. The molecule has 1 N–H and O–H groups in total. The molecule has 1 saturated heterocycles. The van der Waals surface area contributed by atoms with Gasteiger partial charge in [0.25, 0.3) is 0 Å². The molecule has 2 atom stereocenters. The first-order valence-corrected chi connectivity index (χ1v) is 9.41. The molecule has 27 heavy (non-hydrogen) atoms. The fourth-order valence-electron chi connectivity index (χ4n) is 4.05. The van der Waals surface area contributed by atoms with Crippen LogP contribution >= 0.6 is 0 Å². The van der Waals surface area contributed by atoms with E-state index in [1.807, 2.05) is 24.3 Å². The molecule has 1 fully saturated rings. The highest BCUT2D eigenvalue weighted by atomic mass is 19.1. The standard InChI is InChI=1S/C22H27FN2O2/c1-17(26)24-19-13-15-25(14-12-18-8-4-3-5-9-18)22(16-19,27-2)20-10-6-7-11-21(20)23/h3-11,19H,12-16H2,1-2H3,(H,24,26). The third kappa shape index (κ3) is 4.37. The van der Waals surface area contributed by atoms with Crippen LogP contribution < -0.4 is 5.32 Å². The summed E-state index contributed by atoms with van der Waals surface area (Å²) < 4.78 is 20.7. The summed E-state index contributed by atoms with van der Waals surface area (Å²) in [5, 5.41) is 2.99. The van der Waals surface area contributed by atoms with Crippen LogP contribution in [0.5, 0.6) is 0 Å². The molecule has 3 rings (SSSR count). The summed E-state index contributed by atoms with van der Waals surface area (Å²) in [6, 6.07) is 17.0. The Morgan fingerprint density at radius 1 is 1.22 bits per heavy atom. The number of methoxy groups -OCH3 is 1. The normalized spacial score (nSPS) is 23.1. The van der Waals surface area contributed by atoms with Gasteiger partial charge in [0.2, 0.25) is 5.91 Å². The highest BCUT2D eigenvalue weighted by Gasteiger charge is 2.45. The third-order valence-electron chi connectivity index (χ3n) is 5.33. The first-order chi connectivity index (χ1) is 13.0. The minimum atomic E-state index is -0.897. The topological polar surface area (TPSA) is 41.6 Å². The van der Waals surface area contributed by atoms with E-state index in [2.05, 4.69) is 22.3 Å². The summed E-state index contributed by atoms with van der Waals surface area (Å²) >= 11 is 0. The summed E-state index contributed by atoms with van der Waals surface area (Å²) in [7, 11) is 1.62. The van der Waals surface area contributed by atoms with Crippen molar-refractivity contribution in [2.75, 3.05) is 20.2 Å². The van der Waals surface area contributed by atoms with Crippen LogP contribution in [0, 0.1) is 5.82 Å². The molecule has 0 aromatic heterocycles. The summed E-state index contributed by atoms with van der Waals surface area (Å²) in [5.41, 5.74) is 0.863. The number of carbonyl (C=O) groups excluding carboxylic acids is 1. The van der Waals surface area contributed by atoms with Gasteiger partial charge in [0, 0.05) is 45.1 Å². The Labute approximate surface area is 160 Å². The molecule has 5 heteroatoms. The molecular formula is C22H27FN2O2. The Bertz CT molecular complexity index is 768. The lowest BCUT2D eigenvalue weighted by atomic mass is 9.87. The Hall–Kier alpha value is -2.24. The van der Waals surface area contributed by atoms with E-state index in [0.717, 1.165) is 25.9 Å². The first kappa shape index (κ1) is 19.5. The Kier molecular flexibility index (Phi) is 6.24. The van der Waals surface area contributed by atoms with Crippen LogP contribution in [0.25, 0.3) is 0 Å². The number of amides is 1. The van der Waals surface area contributed by atoms with Crippen LogP contribution in [0.15, 0.2) is 54.6 Å². The lowest BCUT2D eigenvalue weighted by Crippen LogP contribution is -2.58. The number of ether oxygens (including phenoxy) is 1. The number of benzene rings is 2. The highest BCUT2D eigenvalue weighted by molar-refractivity contribution is 5.73. The van der Waals surface area contributed by atoms with Gasteiger partial charge in [0.15, 0.2) is 5.72 Å². The quantitative estimate of drug-likeness (QED) is 0.847. The van der Waals surface area contributed by atoms with E-state index in [1.54, 1.807) is 19.2 Å². The summed E-state index contributed by atoms with van der Waals surface area (Å²) in [5.74, 6) is -0.358. The molecule has 144 valence electrons. The molecule has 1 aliphatic heterocycles. The number of nitrogens with zero attached hydrogens (tertiary/aromatic N) is 1. The molecule has 0 aliphatic carbocycles. The van der Waals surface area contributed by atoms with Gasteiger partial charge in [-0.05, 0) is 24.5 Å². The second-order valence-electron chi connectivity index (χ2n) is 7.08.